The third-order valence-electron chi connectivity index (χ3n) is 5.28. The van der Waals surface area contributed by atoms with Crippen molar-refractivity contribution in [3.63, 3.8) is 0 Å². The predicted molar refractivity (Wildman–Crippen MR) is 108 cm³/mol. The summed E-state index contributed by atoms with van der Waals surface area (Å²) < 4.78 is 7.98. The number of likely N-dealkylation sites (N-methyl/N-ethyl adjacent to an activating group) is 1. The SMILES string of the molecule is CN1CCCC(OC(=O)Cc2cn(Cc3ccccc3)c3ccccc23)C1. The number of hydrogen-bond donors (Lipinski definition) is 0. The molecule has 3 aromatic rings. The van der Waals surface area contributed by atoms with Gasteiger partial charge in [0.05, 0.1) is 6.42 Å². The summed E-state index contributed by atoms with van der Waals surface area (Å²) in [4.78, 5) is 14.8. The molecule has 140 valence electrons. The molecule has 4 nitrogen and oxygen atoms in total. The van der Waals surface area contributed by atoms with Crippen LogP contribution in [0.2, 0.25) is 0 Å². The molecule has 2 aromatic carbocycles. The van der Waals surface area contributed by atoms with Gasteiger partial charge >= 0.3 is 5.97 Å². The van der Waals surface area contributed by atoms with Gasteiger partial charge in [0.1, 0.15) is 6.10 Å². The molecule has 4 heteroatoms. The maximum atomic E-state index is 12.5. The predicted octanol–water partition coefficient (Wildman–Crippen LogP) is 3.87. The summed E-state index contributed by atoms with van der Waals surface area (Å²) in [6, 6.07) is 18.7. The van der Waals surface area contributed by atoms with Crippen LogP contribution in [0.15, 0.2) is 60.8 Å². The van der Waals surface area contributed by atoms with E-state index in [0.29, 0.717) is 6.42 Å². The first-order chi connectivity index (χ1) is 13.2. The average Bonchev–Trinajstić information content (AvgIpc) is 3.00. The van der Waals surface area contributed by atoms with Crippen LogP contribution in [0.1, 0.15) is 24.0 Å². The minimum atomic E-state index is -0.127. The third-order valence-corrected chi connectivity index (χ3v) is 5.28. The topological polar surface area (TPSA) is 34.5 Å². The maximum Gasteiger partial charge on any atom is 0.310 e. The number of carbonyl (C=O) groups is 1. The van der Waals surface area contributed by atoms with E-state index in [1.807, 2.05) is 18.2 Å². The van der Waals surface area contributed by atoms with Crippen LogP contribution in [0.4, 0.5) is 0 Å². The van der Waals surface area contributed by atoms with E-state index in [-0.39, 0.29) is 12.1 Å². The van der Waals surface area contributed by atoms with Crippen LogP contribution >= 0.6 is 0 Å². The van der Waals surface area contributed by atoms with Crippen LogP contribution in [0.25, 0.3) is 10.9 Å². The van der Waals surface area contributed by atoms with Gasteiger partial charge in [-0.2, -0.15) is 0 Å². The Morgan fingerprint density at radius 3 is 2.70 bits per heavy atom. The van der Waals surface area contributed by atoms with Crippen LogP contribution in [0.3, 0.4) is 0 Å². The van der Waals surface area contributed by atoms with Gasteiger partial charge in [0.15, 0.2) is 0 Å². The van der Waals surface area contributed by atoms with Crippen LogP contribution in [-0.2, 0) is 22.5 Å². The summed E-state index contributed by atoms with van der Waals surface area (Å²) in [6.45, 7) is 2.71. The number of rotatable bonds is 5. The molecule has 0 spiro atoms. The highest BCUT2D eigenvalue weighted by molar-refractivity contribution is 5.88. The van der Waals surface area contributed by atoms with Gasteiger partial charge in [0.25, 0.3) is 0 Å². The highest BCUT2D eigenvalue weighted by Gasteiger charge is 2.21. The highest BCUT2D eigenvalue weighted by Crippen LogP contribution is 2.24. The lowest BCUT2D eigenvalue weighted by atomic mass is 10.1. The molecule has 27 heavy (non-hydrogen) atoms. The Hall–Kier alpha value is -2.59. The molecule has 0 saturated carbocycles. The number of para-hydroxylation sites is 1. The lowest BCUT2D eigenvalue weighted by Crippen LogP contribution is -2.38. The van der Waals surface area contributed by atoms with Crippen LogP contribution in [0.5, 0.6) is 0 Å². The largest absolute Gasteiger partial charge is 0.461 e. The van der Waals surface area contributed by atoms with Gasteiger partial charge in [0, 0.05) is 30.2 Å². The number of piperidine rings is 1. The molecule has 1 aliphatic heterocycles. The Balaban J connectivity index is 1.52. The summed E-state index contributed by atoms with van der Waals surface area (Å²) in [6.07, 6.45) is 4.50. The number of hydrogen-bond acceptors (Lipinski definition) is 3. The van der Waals surface area contributed by atoms with E-state index in [0.717, 1.165) is 48.9 Å². The molecule has 1 saturated heterocycles. The van der Waals surface area contributed by atoms with E-state index in [2.05, 4.69) is 59.1 Å². The first-order valence-electron chi connectivity index (χ1n) is 9.68. The minimum Gasteiger partial charge on any atom is -0.461 e. The smallest absolute Gasteiger partial charge is 0.310 e. The van der Waals surface area contributed by atoms with E-state index >= 15 is 0 Å². The average molecular weight is 362 g/mol. The fraction of sp³-hybridized carbons (Fsp3) is 0.348. The van der Waals surface area contributed by atoms with E-state index in [4.69, 9.17) is 4.74 Å². The Bertz CT molecular complexity index is 917. The first-order valence-corrected chi connectivity index (χ1v) is 9.68. The Morgan fingerprint density at radius 1 is 1.11 bits per heavy atom. The summed E-state index contributed by atoms with van der Waals surface area (Å²) >= 11 is 0. The molecule has 0 radical (unpaired) electrons. The summed E-state index contributed by atoms with van der Waals surface area (Å²) in [5.74, 6) is -0.127. The molecule has 1 aliphatic rings. The molecule has 1 aromatic heterocycles. The van der Waals surface area contributed by atoms with Crippen molar-refractivity contribution in [2.45, 2.75) is 31.9 Å². The lowest BCUT2D eigenvalue weighted by Gasteiger charge is -2.29. The van der Waals surface area contributed by atoms with Gasteiger partial charge < -0.3 is 14.2 Å². The number of aromatic nitrogens is 1. The quantitative estimate of drug-likeness (QED) is 0.646. The molecule has 0 amide bonds. The fourth-order valence-electron chi connectivity index (χ4n) is 3.97. The number of nitrogens with zero attached hydrogens (tertiary/aromatic N) is 2. The molecule has 1 fully saturated rings. The van der Waals surface area contributed by atoms with Gasteiger partial charge in [-0.3, -0.25) is 4.79 Å². The molecule has 1 atom stereocenters. The zero-order valence-corrected chi connectivity index (χ0v) is 15.8. The molecule has 2 heterocycles. The van der Waals surface area contributed by atoms with Crippen molar-refractivity contribution in [2.24, 2.45) is 0 Å². The number of esters is 1. The van der Waals surface area contributed by atoms with Crippen molar-refractivity contribution in [3.8, 4) is 0 Å². The Kier molecular flexibility index (Phi) is 5.26. The van der Waals surface area contributed by atoms with Crippen molar-refractivity contribution in [1.82, 2.24) is 9.47 Å². The van der Waals surface area contributed by atoms with Gasteiger partial charge in [-0.25, -0.2) is 0 Å². The van der Waals surface area contributed by atoms with Crippen LogP contribution in [-0.4, -0.2) is 41.7 Å². The number of fused-ring (bicyclic) bond motifs is 1. The zero-order valence-electron chi connectivity index (χ0n) is 15.8. The normalized spacial score (nSPS) is 17.9. The highest BCUT2D eigenvalue weighted by atomic mass is 16.5. The van der Waals surface area contributed by atoms with Crippen molar-refractivity contribution >= 4 is 16.9 Å². The monoisotopic (exact) mass is 362 g/mol. The Morgan fingerprint density at radius 2 is 1.89 bits per heavy atom. The van der Waals surface area contributed by atoms with E-state index < -0.39 is 0 Å². The molecule has 0 aliphatic carbocycles. The minimum absolute atomic E-state index is 0.0221. The van der Waals surface area contributed by atoms with Gasteiger partial charge in [-0.05, 0) is 43.6 Å². The molecule has 4 rings (SSSR count). The molecular formula is C23H26N2O2. The second kappa shape index (κ2) is 7.97. The second-order valence-electron chi connectivity index (χ2n) is 7.48. The first kappa shape index (κ1) is 17.8. The van der Waals surface area contributed by atoms with E-state index in [1.54, 1.807) is 0 Å². The number of benzene rings is 2. The van der Waals surface area contributed by atoms with Crippen LogP contribution < -0.4 is 0 Å². The van der Waals surface area contributed by atoms with Crippen molar-refractivity contribution in [2.75, 3.05) is 20.1 Å². The molecule has 1 unspecified atom stereocenters. The summed E-state index contributed by atoms with van der Waals surface area (Å²) in [5, 5.41) is 1.13. The van der Waals surface area contributed by atoms with E-state index in [1.165, 1.54) is 5.56 Å². The van der Waals surface area contributed by atoms with Crippen LogP contribution in [0, 0.1) is 0 Å². The molecule has 0 N–H and O–H groups in total. The fourth-order valence-corrected chi connectivity index (χ4v) is 3.97. The summed E-state index contributed by atoms with van der Waals surface area (Å²) in [5.41, 5.74) is 3.44. The van der Waals surface area contributed by atoms with Gasteiger partial charge in [0.2, 0.25) is 0 Å². The van der Waals surface area contributed by atoms with Gasteiger partial charge in [-0.15, -0.1) is 0 Å². The zero-order chi connectivity index (χ0) is 18.6. The number of ether oxygens (including phenoxy) is 1. The molecule has 0 bridgehead atoms. The number of likely N-dealkylation sites (tertiary alicyclic amines) is 1. The standard InChI is InChI=1S/C23H26N2O2/c1-24-13-7-10-20(17-24)27-23(26)14-19-16-25(15-18-8-3-2-4-9-18)22-12-6-5-11-21(19)22/h2-6,8-9,11-12,16,20H,7,10,13-15,17H2,1H3. The third kappa shape index (κ3) is 4.22. The van der Waals surface area contributed by atoms with Crippen molar-refractivity contribution in [1.29, 1.82) is 0 Å². The summed E-state index contributed by atoms with van der Waals surface area (Å²) in [7, 11) is 2.08. The second-order valence-corrected chi connectivity index (χ2v) is 7.48. The van der Waals surface area contributed by atoms with Crippen molar-refractivity contribution in [3.05, 3.63) is 71.9 Å². The van der Waals surface area contributed by atoms with E-state index in [9.17, 15) is 4.79 Å². The Labute approximate surface area is 160 Å². The number of carbonyl (C=O) groups excluding carboxylic acids is 1. The van der Waals surface area contributed by atoms with Crippen molar-refractivity contribution < 1.29 is 9.53 Å². The molecular weight excluding hydrogens is 336 g/mol. The van der Waals surface area contributed by atoms with Gasteiger partial charge in [-0.1, -0.05) is 48.5 Å². The maximum absolute atomic E-state index is 12.5. The lowest BCUT2D eigenvalue weighted by molar-refractivity contribution is -0.150.